The van der Waals surface area contributed by atoms with Gasteiger partial charge in [-0.3, -0.25) is 4.79 Å². The fourth-order valence-corrected chi connectivity index (χ4v) is 2.17. The summed E-state index contributed by atoms with van der Waals surface area (Å²) in [6.45, 7) is 0.991. The molecule has 22 heavy (non-hydrogen) atoms. The highest BCUT2D eigenvalue weighted by Crippen LogP contribution is 2.29. The number of benzene rings is 1. The van der Waals surface area contributed by atoms with E-state index < -0.39 is 0 Å². The lowest BCUT2D eigenvalue weighted by Gasteiger charge is -2.21. The average Bonchev–Trinajstić information content (AvgIpc) is 3.04. The number of fused-ring (bicyclic) bond motifs is 1. The molecule has 0 saturated carbocycles. The van der Waals surface area contributed by atoms with E-state index in [9.17, 15) is 9.18 Å². The van der Waals surface area contributed by atoms with E-state index in [1.165, 1.54) is 23.1 Å². The SMILES string of the molecule is O=C(CCn1cnnn1)NCc1cc(F)cc2c1OCOC2. The van der Waals surface area contributed by atoms with Gasteiger partial charge in [0.05, 0.1) is 13.2 Å². The molecule has 8 nitrogen and oxygen atoms in total. The molecule has 116 valence electrons. The van der Waals surface area contributed by atoms with Gasteiger partial charge in [-0.05, 0) is 22.6 Å². The molecule has 0 saturated heterocycles. The third-order valence-corrected chi connectivity index (χ3v) is 3.19. The zero-order chi connectivity index (χ0) is 15.4. The summed E-state index contributed by atoms with van der Waals surface area (Å²) in [6.07, 6.45) is 1.66. The van der Waals surface area contributed by atoms with Crippen LogP contribution in [0.25, 0.3) is 0 Å². The maximum Gasteiger partial charge on any atom is 0.222 e. The normalized spacial score (nSPS) is 13.3. The number of hydrogen-bond donors (Lipinski definition) is 1. The quantitative estimate of drug-likeness (QED) is 0.859. The lowest BCUT2D eigenvalue weighted by molar-refractivity contribution is -0.121. The number of amides is 1. The van der Waals surface area contributed by atoms with E-state index >= 15 is 0 Å². The van der Waals surface area contributed by atoms with Crippen LogP contribution in [0.5, 0.6) is 5.75 Å². The number of aryl methyl sites for hydroxylation is 1. The fourth-order valence-electron chi connectivity index (χ4n) is 2.17. The van der Waals surface area contributed by atoms with Crippen molar-refractivity contribution in [1.29, 1.82) is 0 Å². The number of rotatable bonds is 5. The Hall–Kier alpha value is -2.55. The number of aromatic nitrogens is 4. The molecule has 0 radical (unpaired) electrons. The van der Waals surface area contributed by atoms with Crippen LogP contribution in [-0.4, -0.2) is 32.9 Å². The summed E-state index contributed by atoms with van der Waals surface area (Å²) in [7, 11) is 0. The molecule has 0 bridgehead atoms. The average molecular weight is 307 g/mol. The largest absolute Gasteiger partial charge is 0.467 e. The van der Waals surface area contributed by atoms with Crippen molar-refractivity contribution in [2.45, 2.75) is 26.1 Å². The number of halogens is 1. The van der Waals surface area contributed by atoms with Gasteiger partial charge in [0.15, 0.2) is 6.79 Å². The van der Waals surface area contributed by atoms with Gasteiger partial charge in [0, 0.05) is 24.1 Å². The molecule has 1 aromatic heterocycles. The number of nitrogens with zero attached hydrogens (tertiary/aromatic N) is 4. The van der Waals surface area contributed by atoms with E-state index in [4.69, 9.17) is 9.47 Å². The lowest BCUT2D eigenvalue weighted by Crippen LogP contribution is -2.25. The summed E-state index contributed by atoms with van der Waals surface area (Å²) >= 11 is 0. The molecule has 1 aliphatic rings. The first-order chi connectivity index (χ1) is 10.7. The minimum Gasteiger partial charge on any atom is -0.467 e. The molecule has 0 unspecified atom stereocenters. The van der Waals surface area contributed by atoms with E-state index in [2.05, 4.69) is 20.8 Å². The van der Waals surface area contributed by atoms with Crippen molar-refractivity contribution in [3.05, 3.63) is 35.4 Å². The molecule has 2 aromatic rings. The molecule has 2 heterocycles. The van der Waals surface area contributed by atoms with Crippen LogP contribution in [0.4, 0.5) is 4.39 Å². The molecule has 0 spiro atoms. The predicted molar refractivity (Wildman–Crippen MR) is 71.0 cm³/mol. The monoisotopic (exact) mass is 307 g/mol. The summed E-state index contributed by atoms with van der Waals surface area (Å²) in [5, 5.41) is 13.4. The Balaban J connectivity index is 1.59. The summed E-state index contributed by atoms with van der Waals surface area (Å²) in [4.78, 5) is 11.8. The Bertz CT molecular complexity index is 662. The Labute approximate surface area is 125 Å². The summed E-state index contributed by atoms with van der Waals surface area (Å²) in [6, 6.07) is 2.73. The maximum absolute atomic E-state index is 13.6. The number of hydrogen-bond acceptors (Lipinski definition) is 6. The Morgan fingerprint density at radius 3 is 3.18 bits per heavy atom. The summed E-state index contributed by atoms with van der Waals surface area (Å²) in [5.41, 5.74) is 1.23. The second-order valence-electron chi connectivity index (χ2n) is 4.76. The molecule has 9 heteroatoms. The van der Waals surface area contributed by atoms with Crippen LogP contribution in [0.1, 0.15) is 17.5 Å². The van der Waals surface area contributed by atoms with Gasteiger partial charge in [0.25, 0.3) is 0 Å². The molecule has 0 atom stereocenters. The highest BCUT2D eigenvalue weighted by Gasteiger charge is 2.17. The first-order valence-electron chi connectivity index (χ1n) is 6.71. The molecule has 1 N–H and O–H groups in total. The van der Waals surface area contributed by atoms with Crippen LogP contribution in [0.15, 0.2) is 18.5 Å². The van der Waals surface area contributed by atoms with E-state index in [-0.39, 0.29) is 31.5 Å². The zero-order valence-electron chi connectivity index (χ0n) is 11.7. The number of nitrogens with one attached hydrogen (secondary N) is 1. The van der Waals surface area contributed by atoms with Crippen molar-refractivity contribution in [3.8, 4) is 5.75 Å². The van der Waals surface area contributed by atoms with Gasteiger partial charge in [-0.15, -0.1) is 5.10 Å². The van der Waals surface area contributed by atoms with Gasteiger partial charge < -0.3 is 14.8 Å². The smallest absolute Gasteiger partial charge is 0.222 e. The molecule has 1 aromatic carbocycles. The number of carbonyl (C=O) groups excluding carboxylic acids is 1. The van der Waals surface area contributed by atoms with Crippen LogP contribution >= 0.6 is 0 Å². The van der Waals surface area contributed by atoms with Gasteiger partial charge in [0.2, 0.25) is 5.91 Å². The third kappa shape index (κ3) is 3.37. The first kappa shape index (κ1) is 14.4. The van der Waals surface area contributed by atoms with Crippen molar-refractivity contribution >= 4 is 5.91 Å². The lowest BCUT2D eigenvalue weighted by atomic mass is 10.1. The highest BCUT2D eigenvalue weighted by molar-refractivity contribution is 5.75. The summed E-state index contributed by atoms with van der Waals surface area (Å²) in [5.74, 6) is 0.0137. The van der Waals surface area contributed by atoms with Crippen LogP contribution in [0.3, 0.4) is 0 Å². The molecule has 0 aliphatic carbocycles. The van der Waals surface area contributed by atoms with Gasteiger partial charge in [-0.25, -0.2) is 9.07 Å². The molecular formula is C13H14FN5O3. The van der Waals surface area contributed by atoms with Gasteiger partial charge >= 0.3 is 0 Å². The van der Waals surface area contributed by atoms with Crippen molar-refractivity contribution < 1.29 is 18.7 Å². The second-order valence-corrected chi connectivity index (χ2v) is 4.76. The van der Waals surface area contributed by atoms with Crippen molar-refractivity contribution in [3.63, 3.8) is 0 Å². The van der Waals surface area contributed by atoms with Crippen LogP contribution in [-0.2, 0) is 29.2 Å². The minimum absolute atomic E-state index is 0.124. The second kappa shape index (κ2) is 6.48. The standard InChI is InChI=1S/C13H14FN5O3/c14-11-3-9(13-10(4-11)6-21-8-22-13)5-15-12(20)1-2-19-7-16-17-18-19/h3-4,7H,1-2,5-6,8H2,(H,15,20). The molecule has 0 fully saturated rings. The number of tetrazole rings is 1. The fraction of sp³-hybridized carbons (Fsp3) is 0.385. The van der Waals surface area contributed by atoms with Gasteiger partial charge in [-0.2, -0.15) is 0 Å². The van der Waals surface area contributed by atoms with Crippen molar-refractivity contribution in [1.82, 2.24) is 25.5 Å². The molecule has 1 aliphatic heterocycles. The van der Waals surface area contributed by atoms with Gasteiger partial charge in [-0.1, -0.05) is 0 Å². The van der Waals surface area contributed by atoms with E-state index in [0.29, 0.717) is 30.0 Å². The first-order valence-corrected chi connectivity index (χ1v) is 6.71. The molecule has 1 amide bonds. The molecule has 3 rings (SSSR count). The maximum atomic E-state index is 13.6. The topological polar surface area (TPSA) is 91.2 Å². The minimum atomic E-state index is -0.384. The Morgan fingerprint density at radius 2 is 2.36 bits per heavy atom. The predicted octanol–water partition coefficient (Wildman–Crippen LogP) is 0.385. The molecular weight excluding hydrogens is 293 g/mol. The third-order valence-electron chi connectivity index (χ3n) is 3.19. The Kier molecular flexibility index (Phi) is 4.24. The van der Waals surface area contributed by atoms with E-state index in [0.717, 1.165) is 0 Å². The van der Waals surface area contributed by atoms with Crippen LogP contribution in [0.2, 0.25) is 0 Å². The number of ether oxygens (including phenoxy) is 2. The zero-order valence-corrected chi connectivity index (χ0v) is 11.7. The Morgan fingerprint density at radius 1 is 1.45 bits per heavy atom. The highest BCUT2D eigenvalue weighted by atomic mass is 19.1. The van der Waals surface area contributed by atoms with E-state index in [1.807, 2.05) is 0 Å². The summed E-state index contributed by atoms with van der Waals surface area (Å²) < 4.78 is 25.5. The van der Waals surface area contributed by atoms with Crippen molar-refractivity contribution in [2.24, 2.45) is 0 Å². The van der Waals surface area contributed by atoms with E-state index in [1.54, 1.807) is 0 Å². The van der Waals surface area contributed by atoms with Gasteiger partial charge in [0.1, 0.15) is 17.9 Å². The van der Waals surface area contributed by atoms with Crippen LogP contribution in [0, 0.1) is 5.82 Å². The van der Waals surface area contributed by atoms with Crippen LogP contribution < -0.4 is 10.1 Å². The van der Waals surface area contributed by atoms with Crippen molar-refractivity contribution in [2.75, 3.05) is 6.79 Å². The number of carbonyl (C=O) groups is 1.